The number of anilines is 2. The van der Waals surface area contributed by atoms with Crippen LogP contribution in [0.4, 0.5) is 11.6 Å². The third kappa shape index (κ3) is 6.52. The maximum atomic E-state index is 11.0. The molecule has 0 aliphatic carbocycles. The summed E-state index contributed by atoms with van der Waals surface area (Å²) in [6, 6.07) is 1.92. The standard InChI is InChI=1S/C13H24N4OS/c1-4-7-11-16-12(14-5-2)10-13(17-11)15-8-6-9-19(3)18/h10H,4-9H2,1-3H3,(H2,14,15,16,17). The summed E-state index contributed by atoms with van der Waals surface area (Å²) in [5.74, 6) is 3.29. The Labute approximate surface area is 118 Å². The molecule has 0 fully saturated rings. The molecular formula is C13H24N4OS. The molecule has 1 unspecified atom stereocenters. The lowest BCUT2D eigenvalue weighted by Gasteiger charge is -2.10. The monoisotopic (exact) mass is 284 g/mol. The molecular weight excluding hydrogens is 260 g/mol. The summed E-state index contributed by atoms with van der Waals surface area (Å²) >= 11 is 0. The minimum absolute atomic E-state index is 0.722. The normalized spacial score (nSPS) is 12.2. The van der Waals surface area contributed by atoms with E-state index in [2.05, 4.69) is 27.5 Å². The number of hydrogen-bond donors (Lipinski definition) is 2. The Bertz CT molecular complexity index is 387. The molecule has 6 heteroatoms. The van der Waals surface area contributed by atoms with Crippen LogP contribution in [-0.2, 0) is 17.2 Å². The molecule has 0 saturated carbocycles. The SMILES string of the molecule is CCCc1nc(NCC)cc(NCCCS(C)=O)n1. The Hall–Kier alpha value is -1.17. The maximum Gasteiger partial charge on any atom is 0.133 e. The van der Waals surface area contributed by atoms with Crippen molar-refractivity contribution < 1.29 is 4.21 Å². The van der Waals surface area contributed by atoms with Crippen LogP contribution < -0.4 is 10.6 Å². The van der Waals surface area contributed by atoms with E-state index in [1.807, 2.05) is 13.0 Å². The fourth-order valence-corrected chi connectivity index (χ4v) is 2.24. The topological polar surface area (TPSA) is 66.9 Å². The van der Waals surface area contributed by atoms with Crippen molar-refractivity contribution >= 4 is 22.4 Å². The molecule has 0 spiro atoms. The quantitative estimate of drug-likeness (QED) is 0.679. The maximum absolute atomic E-state index is 11.0. The Morgan fingerprint density at radius 3 is 2.47 bits per heavy atom. The molecule has 5 nitrogen and oxygen atoms in total. The molecule has 1 aromatic rings. The van der Waals surface area contributed by atoms with E-state index in [4.69, 9.17) is 0 Å². The van der Waals surface area contributed by atoms with Gasteiger partial charge in [0, 0.05) is 48.4 Å². The van der Waals surface area contributed by atoms with E-state index in [0.717, 1.165) is 55.6 Å². The van der Waals surface area contributed by atoms with Crippen LogP contribution in [0.3, 0.4) is 0 Å². The largest absolute Gasteiger partial charge is 0.370 e. The van der Waals surface area contributed by atoms with Gasteiger partial charge in [0.1, 0.15) is 17.5 Å². The molecule has 0 aliphatic rings. The molecule has 1 aromatic heterocycles. The molecule has 0 radical (unpaired) electrons. The first-order valence-corrected chi connectivity index (χ1v) is 8.54. The molecule has 0 aromatic carbocycles. The lowest BCUT2D eigenvalue weighted by Crippen LogP contribution is -2.10. The fraction of sp³-hybridized carbons (Fsp3) is 0.692. The van der Waals surface area contributed by atoms with Gasteiger partial charge in [-0.1, -0.05) is 6.92 Å². The van der Waals surface area contributed by atoms with Crippen molar-refractivity contribution in [3.8, 4) is 0 Å². The molecule has 1 rings (SSSR count). The average Bonchev–Trinajstić information content (AvgIpc) is 2.35. The first-order chi connectivity index (χ1) is 9.15. The van der Waals surface area contributed by atoms with Gasteiger partial charge in [-0.05, 0) is 19.8 Å². The van der Waals surface area contributed by atoms with E-state index in [1.54, 1.807) is 6.26 Å². The zero-order chi connectivity index (χ0) is 14.1. The van der Waals surface area contributed by atoms with Gasteiger partial charge in [0.25, 0.3) is 0 Å². The summed E-state index contributed by atoms with van der Waals surface area (Å²) in [4.78, 5) is 8.94. The van der Waals surface area contributed by atoms with Crippen molar-refractivity contribution in [1.82, 2.24) is 9.97 Å². The molecule has 108 valence electrons. The predicted molar refractivity (Wildman–Crippen MR) is 82.2 cm³/mol. The molecule has 2 N–H and O–H groups in total. The van der Waals surface area contributed by atoms with Gasteiger partial charge in [0.2, 0.25) is 0 Å². The lowest BCUT2D eigenvalue weighted by molar-refractivity contribution is 0.685. The lowest BCUT2D eigenvalue weighted by atomic mass is 10.3. The summed E-state index contributed by atoms with van der Waals surface area (Å²) < 4.78 is 11.0. The van der Waals surface area contributed by atoms with Crippen molar-refractivity contribution in [3.05, 3.63) is 11.9 Å². The van der Waals surface area contributed by atoms with Crippen LogP contribution in [0.1, 0.15) is 32.5 Å². The Morgan fingerprint density at radius 2 is 1.89 bits per heavy atom. The van der Waals surface area contributed by atoms with Crippen LogP contribution in [0, 0.1) is 0 Å². The van der Waals surface area contributed by atoms with E-state index in [0.29, 0.717) is 0 Å². The summed E-state index contributed by atoms with van der Waals surface area (Å²) in [6.07, 6.45) is 4.52. The van der Waals surface area contributed by atoms with Crippen molar-refractivity contribution in [2.75, 3.05) is 35.7 Å². The highest BCUT2D eigenvalue weighted by atomic mass is 32.2. The second kappa shape index (κ2) is 8.85. The number of nitrogens with zero attached hydrogens (tertiary/aromatic N) is 2. The van der Waals surface area contributed by atoms with Gasteiger partial charge in [-0.2, -0.15) is 0 Å². The number of aryl methyl sites for hydroxylation is 1. The Morgan fingerprint density at radius 1 is 1.21 bits per heavy atom. The highest BCUT2D eigenvalue weighted by Gasteiger charge is 2.03. The van der Waals surface area contributed by atoms with E-state index >= 15 is 0 Å². The third-order valence-corrected chi connectivity index (χ3v) is 3.38. The Balaban J connectivity index is 2.61. The molecule has 19 heavy (non-hydrogen) atoms. The zero-order valence-electron chi connectivity index (χ0n) is 12.0. The van der Waals surface area contributed by atoms with Gasteiger partial charge in [-0.15, -0.1) is 0 Å². The van der Waals surface area contributed by atoms with Gasteiger partial charge in [0.05, 0.1) is 0 Å². The highest BCUT2D eigenvalue weighted by molar-refractivity contribution is 7.84. The summed E-state index contributed by atoms with van der Waals surface area (Å²) in [5, 5.41) is 6.49. The fourth-order valence-electron chi connectivity index (χ4n) is 1.69. The number of aromatic nitrogens is 2. The molecule has 0 saturated heterocycles. The van der Waals surface area contributed by atoms with Crippen LogP contribution in [0.25, 0.3) is 0 Å². The zero-order valence-corrected chi connectivity index (χ0v) is 12.8. The minimum Gasteiger partial charge on any atom is -0.370 e. The second-order valence-corrected chi connectivity index (χ2v) is 5.95. The smallest absolute Gasteiger partial charge is 0.133 e. The van der Waals surface area contributed by atoms with Gasteiger partial charge >= 0.3 is 0 Å². The summed E-state index contributed by atoms with van der Waals surface area (Å²) in [7, 11) is -0.723. The first-order valence-electron chi connectivity index (χ1n) is 6.81. The summed E-state index contributed by atoms with van der Waals surface area (Å²) in [6.45, 7) is 5.79. The predicted octanol–water partition coefficient (Wildman–Crippen LogP) is 2.04. The van der Waals surface area contributed by atoms with Gasteiger partial charge in [0.15, 0.2) is 0 Å². The van der Waals surface area contributed by atoms with Crippen LogP contribution >= 0.6 is 0 Å². The van der Waals surface area contributed by atoms with E-state index < -0.39 is 10.8 Å². The second-order valence-electron chi connectivity index (χ2n) is 4.39. The van der Waals surface area contributed by atoms with E-state index in [9.17, 15) is 4.21 Å². The highest BCUT2D eigenvalue weighted by Crippen LogP contribution is 2.12. The minimum atomic E-state index is -0.723. The van der Waals surface area contributed by atoms with Gasteiger partial charge < -0.3 is 10.6 Å². The van der Waals surface area contributed by atoms with E-state index in [-0.39, 0.29) is 0 Å². The van der Waals surface area contributed by atoms with E-state index in [1.165, 1.54) is 0 Å². The van der Waals surface area contributed by atoms with Crippen molar-refractivity contribution in [1.29, 1.82) is 0 Å². The van der Waals surface area contributed by atoms with Crippen molar-refractivity contribution in [3.63, 3.8) is 0 Å². The molecule has 1 heterocycles. The average molecular weight is 284 g/mol. The van der Waals surface area contributed by atoms with Crippen molar-refractivity contribution in [2.45, 2.75) is 33.1 Å². The number of rotatable bonds is 9. The van der Waals surface area contributed by atoms with Crippen LogP contribution in [0.15, 0.2) is 6.07 Å². The molecule has 0 aliphatic heterocycles. The van der Waals surface area contributed by atoms with Crippen LogP contribution in [0.2, 0.25) is 0 Å². The third-order valence-electron chi connectivity index (χ3n) is 2.52. The summed E-state index contributed by atoms with van der Waals surface area (Å²) in [5.41, 5.74) is 0. The first kappa shape index (κ1) is 15.9. The number of nitrogens with one attached hydrogen (secondary N) is 2. The van der Waals surface area contributed by atoms with Gasteiger partial charge in [-0.3, -0.25) is 4.21 Å². The van der Waals surface area contributed by atoms with Crippen molar-refractivity contribution in [2.24, 2.45) is 0 Å². The van der Waals surface area contributed by atoms with Crippen LogP contribution in [0.5, 0.6) is 0 Å². The molecule has 1 atom stereocenters. The molecule has 0 bridgehead atoms. The number of hydrogen-bond acceptors (Lipinski definition) is 5. The Kier molecular flexibility index (Phi) is 7.40. The van der Waals surface area contributed by atoms with Gasteiger partial charge in [-0.25, -0.2) is 9.97 Å². The van der Waals surface area contributed by atoms with Crippen LogP contribution in [-0.4, -0.2) is 39.3 Å². The molecule has 0 amide bonds.